The quantitative estimate of drug-likeness (QED) is 0.589. The van der Waals surface area contributed by atoms with E-state index in [2.05, 4.69) is 5.32 Å². The van der Waals surface area contributed by atoms with E-state index in [-0.39, 0.29) is 24.1 Å². The Bertz CT molecular complexity index is 663. The van der Waals surface area contributed by atoms with Crippen LogP contribution in [0.15, 0.2) is 42.5 Å². The zero-order valence-electron chi connectivity index (χ0n) is 13.5. The Morgan fingerprint density at radius 2 is 1.88 bits per heavy atom. The van der Waals surface area contributed by atoms with Crippen molar-refractivity contribution in [1.82, 2.24) is 5.32 Å². The molecular weight excluding hydrogens is 331 g/mol. The molecule has 4 nitrogen and oxygen atoms in total. The van der Waals surface area contributed by atoms with Crippen molar-refractivity contribution in [2.24, 2.45) is 0 Å². The molecule has 3 N–H and O–H groups in total. The molecule has 0 fully saturated rings. The maximum absolute atomic E-state index is 12.7. The fourth-order valence-corrected chi connectivity index (χ4v) is 2.13. The smallest absolute Gasteiger partial charge is 0.251 e. The lowest BCUT2D eigenvalue weighted by Crippen LogP contribution is -2.25. The van der Waals surface area contributed by atoms with Crippen molar-refractivity contribution < 1.29 is 13.9 Å². The summed E-state index contributed by atoms with van der Waals surface area (Å²) in [7, 11) is 0. The van der Waals surface area contributed by atoms with E-state index in [0.717, 1.165) is 18.4 Å². The van der Waals surface area contributed by atoms with Gasteiger partial charge in [-0.15, -0.1) is 12.4 Å². The number of hydrogen-bond donors (Lipinski definition) is 2. The second-order valence-corrected chi connectivity index (χ2v) is 5.34. The van der Waals surface area contributed by atoms with Gasteiger partial charge in [0.2, 0.25) is 0 Å². The molecule has 0 saturated carbocycles. The lowest BCUT2D eigenvalue weighted by Gasteiger charge is -2.09. The molecule has 0 atom stereocenters. The van der Waals surface area contributed by atoms with Crippen molar-refractivity contribution in [3.63, 3.8) is 0 Å². The van der Waals surface area contributed by atoms with Gasteiger partial charge in [0.05, 0.1) is 6.61 Å². The second-order valence-electron chi connectivity index (χ2n) is 5.34. The van der Waals surface area contributed by atoms with Gasteiger partial charge in [-0.1, -0.05) is 6.07 Å². The number of carbonyl (C=O) groups excluding carboxylic acids is 1. The average molecular weight is 353 g/mol. The number of ether oxygens (including phenoxy) is 1. The molecule has 0 heterocycles. The summed E-state index contributed by atoms with van der Waals surface area (Å²) in [5.74, 6) is 0.247. The van der Waals surface area contributed by atoms with Crippen LogP contribution in [0.1, 0.15) is 28.8 Å². The Hall–Kier alpha value is -2.27. The van der Waals surface area contributed by atoms with Crippen molar-refractivity contribution in [1.29, 1.82) is 0 Å². The van der Waals surface area contributed by atoms with Gasteiger partial charge in [0.25, 0.3) is 5.91 Å². The number of nitrogens with two attached hydrogens (primary N) is 1. The van der Waals surface area contributed by atoms with Crippen LogP contribution in [0.5, 0.6) is 5.75 Å². The van der Waals surface area contributed by atoms with Crippen LogP contribution in [0.25, 0.3) is 0 Å². The molecule has 2 rings (SSSR count). The van der Waals surface area contributed by atoms with Crippen LogP contribution in [0.2, 0.25) is 0 Å². The minimum absolute atomic E-state index is 0. The van der Waals surface area contributed by atoms with Gasteiger partial charge >= 0.3 is 0 Å². The molecule has 2 aromatic rings. The standard InChI is InChI=1S/C18H21FN2O2.ClH/c1-13-4-7-15(20)12-17(13)18(22)21-10-2-3-11-23-16-8-5-14(19)6-9-16;/h4-9,12H,2-3,10-11,20H2,1H3,(H,21,22);1H. The number of amides is 1. The summed E-state index contributed by atoms with van der Waals surface area (Å²) in [5, 5.41) is 2.87. The Morgan fingerprint density at radius 1 is 1.17 bits per heavy atom. The summed E-state index contributed by atoms with van der Waals surface area (Å²) in [4.78, 5) is 12.1. The largest absolute Gasteiger partial charge is 0.494 e. The number of rotatable bonds is 7. The summed E-state index contributed by atoms with van der Waals surface area (Å²) < 4.78 is 18.2. The van der Waals surface area contributed by atoms with Crippen LogP contribution < -0.4 is 15.8 Å². The van der Waals surface area contributed by atoms with E-state index in [9.17, 15) is 9.18 Å². The second kappa shape index (κ2) is 9.78. The summed E-state index contributed by atoms with van der Waals surface area (Å²) in [6.07, 6.45) is 1.60. The number of unbranched alkanes of at least 4 members (excludes halogenated alkanes) is 1. The highest BCUT2D eigenvalue weighted by Gasteiger charge is 2.08. The van der Waals surface area contributed by atoms with Gasteiger partial charge in [-0.25, -0.2) is 4.39 Å². The van der Waals surface area contributed by atoms with E-state index in [1.807, 2.05) is 13.0 Å². The van der Waals surface area contributed by atoms with Gasteiger partial charge in [-0.3, -0.25) is 4.79 Å². The molecular formula is C18H22ClFN2O2. The van der Waals surface area contributed by atoms with Crippen molar-refractivity contribution >= 4 is 24.0 Å². The monoisotopic (exact) mass is 352 g/mol. The first-order valence-electron chi connectivity index (χ1n) is 7.59. The minimum atomic E-state index is -0.281. The predicted molar refractivity (Wildman–Crippen MR) is 96.3 cm³/mol. The van der Waals surface area contributed by atoms with Crippen molar-refractivity contribution in [2.75, 3.05) is 18.9 Å². The van der Waals surface area contributed by atoms with Gasteiger partial charge in [0.15, 0.2) is 0 Å². The number of halogens is 2. The maximum atomic E-state index is 12.7. The zero-order chi connectivity index (χ0) is 16.7. The fourth-order valence-electron chi connectivity index (χ4n) is 2.13. The molecule has 0 aliphatic carbocycles. The van der Waals surface area contributed by atoms with Crippen LogP contribution in [-0.2, 0) is 0 Å². The highest BCUT2D eigenvalue weighted by Crippen LogP contribution is 2.13. The molecule has 24 heavy (non-hydrogen) atoms. The molecule has 0 radical (unpaired) electrons. The predicted octanol–water partition coefficient (Wildman–Crippen LogP) is 3.73. The summed E-state index contributed by atoms with van der Waals surface area (Å²) in [6.45, 7) is 2.98. The van der Waals surface area contributed by atoms with Crippen molar-refractivity contribution in [3.05, 3.63) is 59.4 Å². The van der Waals surface area contributed by atoms with Gasteiger partial charge in [-0.05, 0) is 61.7 Å². The molecule has 0 bridgehead atoms. The number of benzene rings is 2. The van der Waals surface area contributed by atoms with Crippen LogP contribution in [-0.4, -0.2) is 19.1 Å². The molecule has 0 unspecified atom stereocenters. The first-order valence-corrected chi connectivity index (χ1v) is 7.59. The Kier molecular flexibility index (Phi) is 8.06. The van der Waals surface area contributed by atoms with Gasteiger partial charge < -0.3 is 15.8 Å². The average Bonchev–Trinajstić information content (AvgIpc) is 2.54. The number of aryl methyl sites for hydroxylation is 1. The zero-order valence-corrected chi connectivity index (χ0v) is 14.4. The molecule has 0 saturated heterocycles. The molecule has 0 aliphatic heterocycles. The summed E-state index contributed by atoms with van der Waals surface area (Å²) in [6, 6.07) is 11.2. The highest BCUT2D eigenvalue weighted by atomic mass is 35.5. The number of carbonyl (C=O) groups is 1. The SMILES string of the molecule is Cc1ccc(N)cc1C(=O)NCCCCOc1ccc(F)cc1.Cl. The topological polar surface area (TPSA) is 64.4 Å². The van der Waals surface area contributed by atoms with Crippen LogP contribution in [0.3, 0.4) is 0 Å². The number of hydrogen-bond acceptors (Lipinski definition) is 3. The van der Waals surface area contributed by atoms with Crippen molar-refractivity contribution in [3.8, 4) is 5.75 Å². The molecule has 130 valence electrons. The van der Waals surface area contributed by atoms with Crippen LogP contribution in [0.4, 0.5) is 10.1 Å². The molecule has 2 aromatic carbocycles. The first-order chi connectivity index (χ1) is 11.1. The molecule has 0 aliphatic rings. The number of nitrogen functional groups attached to an aromatic ring is 1. The molecule has 6 heteroatoms. The maximum Gasteiger partial charge on any atom is 0.251 e. The van der Waals surface area contributed by atoms with E-state index in [4.69, 9.17) is 10.5 Å². The minimum Gasteiger partial charge on any atom is -0.494 e. The number of anilines is 1. The molecule has 0 spiro atoms. The van der Waals surface area contributed by atoms with Crippen molar-refractivity contribution in [2.45, 2.75) is 19.8 Å². The van der Waals surface area contributed by atoms with E-state index in [1.54, 1.807) is 24.3 Å². The van der Waals surface area contributed by atoms with Gasteiger partial charge in [0, 0.05) is 17.8 Å². The van der Waals surface area contributed by atoms with Gasteiger partial charge in [-0.2, -0.15) is 0 Å². The van der Waals surface area contributed by atoms with E-state index in [1.165, 1.54) is 12.1 Å². The Balaban J connectivity index is 0.00000288. The van der Waals surface area contributed by atoms with E-state index < -0.39 is 0 Å². The van der Waals surface area contributed by atoms with Crippen LogP contribution >= 0.6 is 12.4 Å². The normalized spacial score (nSPS) is 9.92. The first kappa shape index (κ1) is 19.8. The molecule has 0 aromatic heterocycles. The number of nitrogens with one attached hydrogen (secondary N) is 1. The highest BCUT2D eigenvalue weighted by molar-refractivity contribution is 5.96. The third kappa shape index (κ3) is 6.08. The van der Waals surface area contributed by atoms with E-state index >= 15 is 0 Å². The Morgan fingerprint density at radius 3 is 2.58 bits per heavy atom. The van der Waals surface area contributed by atoms with Crippen LogP contribution in [0, 0.1) is 12.7 Å². The lowest BCUT2D eigenvalue weighted by molar-refractivity contribution is 0.0951. The van der Waals surface area contributed by atoms with E-state index in [0.29, 0.717) is 30.2 Å². The fraction of sp³-hybridized carbons (Fsp3) is 0.278. The summed E-state index contributed by atoms with van der Waals surface area (Å²) in [5.41, 5.74) is 7.79. The van der Waals surface area contributed by atoms with Gasteiger partial charge in [0.1, 0.15) is 11.6 Å². The third-order valence-corrected chi connectivity index (χ3v) is 3.45. The Labute approximate surface area is 147 Å². The lowest BCUT2D eigenvalue weighted by atomic mass is 10.1. The summed E-state index contributed by atoms with van der Waals surface area (Å²) >= 11 is 0. The molecule has 1 amide bonds. The third-order valence-electron chi connectivity index (χ3n) is 3.45.